The Balaban J connectivity index is 0.000000179. The van der Waals surface area contributed by atoms with E-state index < -0.39 is 57.5 Å². The molecule has 8 aromatic rings. The summed E-state index contributed by atoms with van der Waals surface area (Å²) in [7, 11) is 0. The monoisotopic (exact) mass is 1710 g/mol. The van der Waals surface area contributed by atoms with Crippen LogP contribution < -0.4 is 52.7 Å². The van der Waals surface area contributed by atoms with Gasteiger partial charge in [-0.1, -0.05) is 42.8 Å². The van der Waals surface area contributed by atoms with Crippen molar-refractivity contribution in [1.82, 2.24) is 10.2 Å². The van der Waals surface area contributed by atoms with Gasteiger partial charge >= 0.3 is 12.1 Å². The molecule has 3 saturated heterocycles. The Morgan fingerprint density at radius 2 is 0.909 bits per heavy atom. The van der Waals surface area contributed by atoms with Gasteiger partial charge in [0.05, 0.1) is 15.4 Å². The van der Waals surface area contributed by atoms with Crippen LogP contribution in [0.15, 0.2) is 176 Å². The number of nitro benzene ring substituents is 2. The molecule has 23 nitrogen and oxygen atoms in total. The molecular formula is C82H88ClF3N5O18W-. The van der Waals surface area contributed by atoms with Crippen LogP contribution in [0.3, 0.4) is 0 Å². The first kappa shape index (κ1) is 79.4. The number of non-ortho nitro benzene ring substituents is 2. The maximum Gasteiger partial charge on any atom is 0.415 e. The van der Waals surface area contributed by atoms with E-state index in [0.29, 0.717) is 71.3 Å². The minimum Gasteiger partial charge on any atom is -0.662 e. The summed E-state index contributed by atoms with van der Waals surface area (Å²) in [6.45, 7) is 22.1. The molecule has 28 heteroatoms. The zero-order valence-corrected chi connectivity index (χ0v) is 65.9. The Kier molecular flexibility index (Phi) is 27.1. The fourth-order valence-electron chi connectivity index (χ4n) is 14.1. The first-order valence-electron chi connectivity index (χ1n) is 36.9. The summed E-state index contributed by atoms with van der Waals surface area (Å²) in [4.78, 5) is 54.3. The van der Waals surface area contributed by atoms with Gasteiger partial charge in [-0.05, 0) is 205 Å². The summed E-state index contributed by atoms with van der Waals surface area (Å²) in [6, 6.07) is 46.0. The van der Waals surface area contributed by atoms with Crippen molar-refractivity contribution in [2.75, 3.05) is 39.3 Å². The number of aldehydes is 1. The van der Waals surface area contributed by atoms with Crippen LogP contribution in [0, 0.1) is 55.4 Å². The second-order valence-electron chi connectivity index (χ2n) is 28.0. The standard InChI is InChI=1S/C29H29FN2O7.C22H26FNO3.C22H25FNO3.C7H4ClNO4.C2H4O.W/c1-18-36-26-13-12-23(16-27(26)37-18)39-29(2,3)25-17-31(15-14-24(25)19-4-6-20(30)7-5-19)28(33)38-22-10-8-21(9-11-22)32(34)35;2*1-14-25-20-9-8-17(12-21(20)26-14)27-22(2,3)19-13-24-11-10-18(19)15-4-6-16(23)7-5-15;8-13-7(10)5-1-3-6(4-2-5)9(11)12;1-2-3;/h4-13,16,18,24-25H,14-15,17H2,1-3H3;4-9,12,14,18-19,24H,10-11,13H2,1-3H3;4-9,12,14,18-19H,10-11,13H2,1-3H3;1-4H;2H,1H3;/q;;-1;;;/t18?,24-,25+;2*14?,18-,19+;;;/m000.../s1/i18D;2*14D;;;. The van der Waals surface area contributed by atoms with Gasteiger partial charge in [-0.3, -0.25) is 20.2 Å². The summed E-state index contributed by atoms with van der Waals surface area (Å²) < 4.78 is 126. The number of hydrogen-bond acceptors (Lipinski definition) is 19. The second kappa shape index (κ2) is 37.5. The number of ether oxygens (including phenoxy) is 10. The predicted octanol–water partition coefficient (Wildman–Crippen LogP) is 18.2. The van der Waals surface area contributed by atoms with E-state index in [-0.39, 0.29) is 103 Å². The molecule has 0 spiro atoms. The number of carbonyl (C=O) groups excluding carboxylic acids is 3. The van der Waals surface area contributed by atoms with Crippen LogP contribution in [-0.4, -0.2) is 108 Å². The number of nitrogens with zero attached hydrogens (tertiary/aromatic N) is 4. The quantitative estimate of drug-likeness (QED) is 0.0535. The fraction of sp³-hybridized carbons (Fsp3) is 0.378. The number of amides is 1. The molecule has 0 radical (unpaired) electrons. The maximum atomic E-state index is 13.7. The number of halogens is 4. The molecule has 584 valence electrons. The molecule has 0 bridgehead atoms. The SMILES string of the molecule is CC=O.O=C(OCl)c1ccc([N+](=O)[O-])cc1.[2H]C1(C)Oc2ccc(OC(C)(C)[C@@H]3CN(C(=O)Oc4ccc([N+](=O)[O-])cc4)CC[C@H]3c3ccc(F)cc3)cc2O1.[2H]C1(C)Oc2ccc(OC(C)(C)[C@@H]3CNCC[C@H]3c3ccc(F)cc3)cc2O1.[2H]C1(C)Oc2ccc(OC(C)(C)[C@@H]3C[N-]CC[C@H]3c3ccc(F)cc3)cc2O1.[W]. The van der Waals surface area contributed by atoms with Crippen LogP contribution in [-0.2, 0) is 30.1 Å². The average Bonchev–Trinajstić information content (AvgIpc) is 1.22. The topological polar surface area (TPSA) is 268 Å². The molecule has 6 heterocycles. The zero-order chi connectivity index (χ0) is 81.1. The molecule has 0 saturated carbocycles. The van der Waals surface area contributed by atoms with Gasteiger partial charge in [0, 0.05) is 116 Å². The van der Waals surface area contributed by atoms with Gasteiger partial charge < -0.3 is 72.0 Å². The van der Waals surface area contributed by atoms with Crippen LogP contribution in [0.5, 0.6) is 57.5 Å². The third-order valence-corrected chi connectivity index (χ3v) is 19.5. The molecular weight excluding hydrogens is 1620 g/mol. The van der Waals surface area contributed by atoms with E-state index in [1.807, 2.05) is 50.2 Å². The van der Waals surface area contributed by atoms with Crippen LogP contribution in [0.2, 0.25) is 0 Å². The van der Waals surface area contributed by atoms with Crippen LogP contribution in [0.1, 0.15) is 137 Å². The Bertz CT molecular complexity index is 4470. The minimum absolute atomic E-state index is 0. The molecule has 0 aliphatic carbocycles. The van der Waals surface area contributed by atoms with Crippen molar-refractivity contribution in [3.8, 4) is 57.5 Å². The van der Waals surface area contributed by atoms with E-state index in [9.17, 15) is 43.0 Å². The summed E-state index contributed by atoms with van der Waals surface area (Å²) in [5.41, 5.74) is 1.38. The molecule has 1 N–H and O–H groups in total. The van der Waals surface area contributed by atoms with Gasteiger partial charge in [0.15, 0.2) is 34.5 Å². The molecule has 14 rings (SSSR count). The van der Waals surface area contributed by atoms with E-state index >= 15 is 0 Å². The van der Waals surface area contributed by atoms with Crippen molar-refractivity contribution in [1.29, 1.82) is 0 Å². The van der Waals surface area contributed by atoms with Gasteiger partial charge in [0.1, 0.15) is 79.5 Å². The Morgan fingerprint density at radius 1 is 0.545 bits per heavy atom. The molecule has 110 heavy (non-hydrogen) atoms. The van der Waals surface area contributed by atoms with E-state index in [2.05, 4.69) is 42.6 Å². The minimum atomic E-state index is -1.52. The Morgan fingerprint density at radius 3 is 1.32 bits per heavy atom. The number of nitrogens with one attached hydrogen (secondary N) is 1. The number of hydrogen-bond donors (Lipinski definition) is 1. The molecule has 3 fully saturated rings. The van der Waals surface area contributed by atoms with Crippen LogP contribution in [0.4, 0.5) is 29.3 Å². The predicted molar refractivity (Wildman–Crippen MR) is 400 cm³/mol. The Labute approximate surface area is 660 Å². The summed E-state index contributed by atoms with van der Waals surface area (Å²) in [5, 5.41) is 29.2. The molecule has 0 aromatic heterocycles. The smallest absolute Gasteiger partial charge is 0.415 e. The number of nitro groups is 2. The first-order chi connectivity index (χ1) is 52.9. The second-order valence-corrected chi connectivity index (χ2v) is 28.1. The third-order valence-electron chi connectivity index (χ3n) is 19.4. The largest absolute Gasteiger partial charge is 0.662 e. The first-order valence-corrected chi connectivity index (χ1v) is 35.7. The van der Waals surface area contributed by atoms with Gasteiger partial charge in [-0.2, -0.15) is 0 Å². The zero-order valence-electron chi connectivity index (χ0n) is 65.2. The van der Waals surface area contributed by atoms with Gasteiger partial charge in [-0.25, -0.2) is 22.8 Å². The molecule has 1 amide bonds. The summed E-state index contributed by atoms with van der Waals surface area (Å²) >= 11 is 4.81. The fourth-order valence-corrected chi connectivity index (χ4v) is 14.2. The average molecular weight is 1710 g/mol. The number of carbonyl (C=O) groups is 3. The van der Waals surface area contributed by atoms with Crippen molar-refractivity contribution in [3.63, 3.8) is 0 Å². The van der Waals surface area contributed by atoms with E-state index in [1.165, 1.54) is 98.8 Å². The Hall–Kier alpha value is -10.1. The molecule has 6 aliphatic heterocycles. The van der Waals surface area contributed by atoms with Crippen molar-refractivity contribution in [2.45, 2.75) is 142 Å². The number of piperidine rings is 3. The van der Waals surface area contributed by atoms with Crippen molar-refractivity contribution in [2.24, 2.45) is 17.8 Å². The molecule has 3 unspecified atom stereocenters. The van der Waals surface area contributed by atoms with Crippen molar-refractivity contribution < 1.29 is 114 Å². The third kappa shape index (κ3) is 21.9. The summed E-state index contributed by atoms with van der Waals surface area (Å²) in [6.07, 6.45) is -1.69. The summed E-state index contributed by atoms with van der Waals surface area (Å²) in [5.74, 6) is 4.10. The van der Waals surface area contributed by atoms with Crippen molar-refractivity contribution in [3.05, 3.63) is 241 Å². The molecule has 8 aromatic carbocycles. The van der Waals surface area contributed by atoms with E-state index in [4.69, 9.17) is 68.1 Å². The van der Waals surface area contributed by atoms with Crippen LogP contribution >= 0.6 is 11.9 Å². The molecule has 9 atom stereocenters. The number of rotatable bonds is 16. The number of likely N-dealkylation sites (tertiary alicyclic amines) is 1. The number of fused-ring (bicyclic) bond motifs is 3. The van der Waals surface area contributed by atoms with Gasteiger partial charge in [-0.15, -0.1) is 13.1 Å². The van der Waals surface area contributed by atoms with E-state index in [0.717, 1.165) is 55.5 Å². The normalized spacial score (nSPS) is 23.0. The van der Waals surface area contributed by atoms with Crippen molar-refractivity contribution >= 4 is 41.6 Å². The molecule has 6 aliphatic rings. The van der Waals surface area contributed by atoms with Gasteiger partial charge in [0.2, 0.25) is 18.8 Å². The number of benzene rings is 8. The maximum absolute atomic E-state index is 13.7. The van der Waals surface area contributed by atoms with Crippen LogP contribution in [0.25, 0.3) is 5.32 Å². The van der Waals surface area contributed by atoms with E-state index in [1.54, 1.807) is 73.3 Å². The van der Waals surface area contributed by atoms with Gasteiger partial charge in [0.25, 0.3) is 11.4 Å².